The number of hydrogen-bond acceptors (Lipinski definition) is 2. The second-order valence-electron chi connectivity index (χ2n) is 1.93. The molecule has 0 radical (unpaired) electrons. The molecule has 0 aliphatic rings. The Morgan fingerprint density at radius 3 is 2.70 bits per heavy atom. The first-order valence-electron chi connectivity index (χ1n) is 3.61. The van der Waals surface area contributed by atoms with Gasteiger partial charge in [0.05, 0.1) is 6.21 Å². The molecule has 0 atom stereocenters. The zero-order chi connectivity index (χ0) is 7.82. The topological polar surface area (TPSA) is 50.7 Å². The van der Waals surface area contributed by atoms with Crippen LogP contribution < -0.4 is 5.73 Å². The fourth-order valence-electron chi connectivity index (χ4n) is 0.467. The summed E-state index contributed by atoms with van der Waals surface area (Å²) in [5.74, 6) is 0.531. The zero-order valence-corrected chi connectivity index (χ0v) is 6.67. The molecule has 0 aromatic carbocycles. The van der Waals surface area contributed by atoms with Gasteiger partial charge in [0.15, 0.2) is 0 Å². The van der Waals surface area contributed by atoms with Crippen LogP contribution in [-0.2, 0) is 0 Å². The van der Waals surface area contributed by atoms with Crippen molar-refractivity contribution in [1.82, 2.24) is 0 Å². The maximum atomic E-state index is 5.45. The third-order valence-electron chi connectivity index (χ3n) is 0.924. The van der Waals surface area contributed by atoms with E-state index in [1.807, 2.05) is 6.92 Å². The van der Waals surface area contributed by atoms with E-state index in [1.165, 1.54) is 0 Å². The van der Waals surface area contributed by atoms with Crippen molar-refractivity contribution >= 4 is 12.1 Å². The van der Waals surface area contributed by atoms with Gasteiger partial charge in [-0.1, -0.05) is 6.92 Å². The summed E-state index contributed by atoms with van der Waals surface area (Å²) in [6, 6.07) is 0. The van der Waals surface area contributed by atoms with Crippen LogP contribution in [0.2, 0.25) is 0 Å². The van der Waals surface area contributed by atoms with Gasteiger partial charge in [0, 0.05) is 13.1 Å². The Hall–Kier alpha value is -0.860. The molecule has 0 unspecified atom stereocenters. The number of hydrogen-bond donors (Lipinski definition) is 1. The van der Waals surface area contributed by atoms with Crippen molar-refractivity contribution in [2.75, 3.05) is 13.1 Å². The Kier molecular flexibility index (Phi) is 5.72. The Labute approximate surface area is 62.1 Å². The molecule has 0 aromatic rings. The van der Waals surface area contributed by atoms with Crippen LogP contribution in [0.25, 0.3) is 0 Å². The number of rotatable bonds is 4. The summed E-state index contributed by atoms with van der Waals surface area (Å²) in [6.45, 7) is 5.58. The lowest BCUT2D eigenvalue weighted by Crippen LogP contribution is -2.13. The first-order valence-corrected chi connectivity index (χ1v) is 3.61. The van der Waals surface area contributed by atoms with Crippen LogP contribution in [-0.4, -0.2) is 25.1 Å². The van der Waals surface area contributed by atoms with Crippen LogP contribution in [0.15, 0.2) is 9.98 Å². The van der Waals surface area contributed by atoms with Gasteiger partial charge < -0.3 is 5.73 Å². The Balaban J connectivity index is 3.59. The molecule has 0 amide bonds. The van der Waals surface area contributed by atoms with Gasteiger partial charge in [-0.05, 0) is 13.3 Å². The standard InChI is InChI=1S/C7H15N3/c1-3-5-10-7(8)6-9-4-2/h6H,3-5H2,1-2H3,(H2,8,10). The van der Waals surface area contributed by atoms with Crippen LogP contribution in [0.5, 0.6) is 0 Å². The minimum absolute atomic E-state index is 0.531. The molecule has 0 fully saturated rings. The first-order chi connectivity index (χ1) is 4.81. The summed E-state index contributed by atoms with van der Waals surface area (Å²) in [6.07, 6.45) is 2.64. The predicted octanol–water partition coefficient (Wildman–Crippen LogP) is 0.844. The molecule has 0 rings (SSSR count). The number of nitrogens with two attached hydrogens (primary N) is 1. The molecule has 0 aromatic heterocycles. The van der Waals surface area contributed by atoms with Crippen molar-refractivity contribution < 1.29 is 0 Å². The van der Waals surface area contributed by atoms with E-state index in [2.05, 4.69) is 16.9 Å². The average Bonchev–Trinajstić information content (AvgIpc) is 1.97. The van der Waals surface area contributed by atoms with Gasteiger partial charge in [-0.3, -0.25) is 9.98 Å². The summed E-state index contributed by atoms with van der Waals surface area (Å²) >= 11 is 0. The van der Waals surface area contributed by atoms with Crippen molar-refractivity contribution in [1.29, 1.82) is 0 Å². The van der Waals surface area contributed by atoms with Crippen molar-refractivity contribution in [3.63, 3.8) is 0 Å². The van der Waals surface area contributed by atoms with Crippen molar-refractivity contribution in [3.8, 4) is 0 Å². The van der Waals surface area contributed by atoms with Crippen LogP contribution in [0.3, 0.4) is 0 Å². The normalized spacial score (nSPS) is 12.8. The fraction of sp³-hybridized carbons (Fsp3) is 0.714. The van der Waals surface area contributed by atoms with Crippen molar-refractivity contribution in [2.45, 2.75) is 20.3 Å². The van der Waals surface area contributed by atoms with Gasteiger partial charge in [-0.2, -0.15) is 0 Å². The molecular weight excluding hydrogens is 126 g/mol. The van der Waals surface area contributed by atoms with Gasteiger partial charge in [-0.25, -0.2) is 0 Å². The maximum Gasteiger partial charge on any atom is 0.136 e. The average molecular weight is 141 g/mol. The van der Waals surface area contributed by atoms with Gasteiger partial charge in [0.1, 0.15) is 5.84 Å². The SMILES string of the molecule is CCCN=C(N)C=NCC. The molecule has 0 aliphatic heterocycles. The largest absolute Gasteiger partial charge is 0.383 e. The van der Waals surface area contributed by atoms with E-state index in [9.17, 15) is 0 Å². The third kappa shape index (κ3) is 5.28. The molecule has 0 spiro atoms. The van der Waals surface area contributed by atoms with Gasteiger partial charge in [-0.15, -0.1) is 0 Å². The quantitative estimate of drug-likeness (QED) is 0.458. The highest BCUT2D eigenvalue weighted by molar-refractivity contribution is 6.28. The summed E-state index contributed by atoms with van der Waals surface area (Å²) in [7, 11) is 0. The van der Waals surface area contributed by atoms with E-state index < -0.39 is 0 Å². The molecule has 0 aliphatic carbocycles. The molecule has 10 heavy (non-hydrogen) atoms. The number of nitrogens with zero attached hydrogens (tertiary/aromatic N) is 2. The molecule has 0 bridgehead atoms. The molecule has 58 valence electrons. The van der Waals surface area contributed by atoms with E-state index in [1.54, 1.807) is 6.21 Å². The zero-order valence-electron chi connectivity index (χ0n) is 6.67. The second-order valence-corrected chi connectivity index (χ2v) is 1.93. The first kappa shape index (κ1) is 9.14. The summed E-state index contributed by atoms with van der Waals surface area (Å²) in [5, 5.41) is 0. The second kappa shape index (κ2) is 6.26. The molecular formula is C7H15N3. The van der Waals surface area contributed by atoms with Crippen LogP contribution in [0.1, 0.15) is 20.3 Å². The van der Waals surface area contributed by atoms with E-state index in [4.69, 9.17) is 5.73 Å². The highest BCUT2D eigenvalue weighted by atomic mass is 14.9. The fourth-order valence-corrected chi connectivity index (χ4v) is 0.467. The Bertz CT molecular complexity index is 127. The van der Waals surface area contributed by atoms with Crippen molar-refractivity contribution in [3.05, 3.63) is 0 Å². The third-order valence-corrected chi connectivity index (χ3v) is 0.924. The van der Waals surface area contributed by atoms with Crippen molar-refractivity contribution in [2.24, 2.45) is 15.7 Å². The highest BCUT2D eigenvalue weighted by Gasteiger charge is 1.81. The Morgan fingerprint density at radius 1 is 1.50 bits per heavy atom. The van der Waals surface area contributed by atoms with Gasteiger partial charge in [0.2, 0.25) is 0 Å². The minimum Gasteiger partial charge on any atom is -0.383 e. The smallest absolute Gasteiger partial charge is 0.136 e. The molecule has 3 heteroatoms. The van der Waals surface area contributed by atoms with E-state index >= 15 is 0 Å². The summed E-state index contributed by atoms with van der Waals surface area (Å²) < 4.78 is 0. The predicted molar refractivity (Wildman–Crippen MR) is 45.8 cm³/mol. The monoisotopic (exact) mass is 141 g/mol. The van der Waals surface area contributed by atoms with E-state index in [-0.39, 0.29) is 0 Å². The summed E-state index contributed by atoms with van der Waals surface area (Å²) in [4.78, 5) is 7.97. The highest BCUT2D eigenvalue weighted by Crippen LogP contribution is 1.76. The van der Waals surface area contributed by atoms with E-state index in [0.29, 0.717) is 5.84 Å². The van der Waals surface area contributed by atoms with Gasteiger partial charge >= 0.3 is 0 Å². The van der Waals surface area contributed by atoms with Crippen LogP contribution >= 0.6 is 0 Å². The summed E-state index contributed by atoms with van der Waals surface area (Å²) in [5.41, 5.74) is 5.45. The van der Waals surface area contributed by atoms with Crippen LogP contribution in [0, 0.1) is 0 Å². The molecule has 0 heterocycles. The maximum absolute atomic E-state index is 5.45. The number of aliphatic imine (C=N–C) groups is 2. The Morgan fingerprint density at radius 2 is 2.20 bits per heavy atom. The molecule has 2 N–H and O–H groups in total. The lowest BCUT2D eigenvalue weighted by atomic mass is 10.5. The lowest BCUT2D eigenvalue weighted by Gasteiger charge is -1.89. The molecule has 3 nitrogen and oxygen atoms in total. The number of amidine groups is 1. The lowest BCUT2D eigenvalue weighted by molar-refractivity contribution is 0.932. The molecule has 0 saturated carbocycles. The van der Waals surface area contributed by atoms with Crippen LogP contribution in [0.4, 0.5) is 0 Å². The minimum atomic E-state index is 0.531. The molecule has 0 saturated heterocycles. The van der Waals surface area contributed by atoms with Gasteiger partial charge in [0.25, 0.3) is 0 Å². The van der Waals surface area contributed by atoms with E-state index in [0.717, 1.165) is 19.5 Å².